The Bertz CT molecular complexity index is 2340. The van der Waals surface area contributed by atoms with Crippen LogP contribution in [0, 0.1) is 35.5 Å². The fourth-order valence-corrected chi connectivity index (χ4v) is 14.4. The molecule has 5 rings (SSSR count). The van der Waals surface area contributed by atoms with Crippen molar-refractivity contribution in [2.24, 2.45) is 35.5 Å². The van der Waals surface area contributed by atoms with Crippen LogP contribution in [0.2, 0.25) is 0 Å². The van der Waals surface area contributed by atoms with Crippen molar-refractivity contribution in [2.75, 3.05) is 55.4 Å². The summed E-state index contributed by atoms with van der Waals surface area (Å²) in [6.07, 6.45) is 15.5. The van der Waals surface area contributed by atoms with Crippen LogP contribution in [0.25, 0.3) is 0 Å². The summed E-state index contributed by atoms with van der Waals surface area (Å²) < 4.78 is 0. The first-order valence-corrected chi connectivity index (χ1v) is 34.0. The number of aliphatic hydroxyl groups is 1. The number of nitrogens with zero attached hydrogens (tertiary/aromatic N) is 7. The Morgan fingerprint density at radius 1 is 0.432 bits per heavy atom. The number of piperidine rings is 1. The third-order valence-electron chi connectivity index (χ3n) is 20.1. The summed E-state index contributed by atoms with van der Waals surface area (Å²) in [5.74, 6) is -6.12. The number of carbonyl (C=O) groups is 10. The first-order valence-electron chi connectivity index (χ1n) is 34.0. The number of nitrogens with one attached hydrogen (secondary N) is 3. The van der Waals surface area contributed by atoms with E-state index in [0.717, 1.165) is 116 Å². The summed E-state index contributed by atoms with van der Waals surface area (Å²) in [6, 6.07) is -10.9. The lowest BCUT2D eigenvalue weighted by molar-refractivity contribution is -0.155. The molecule has 2 heterocycles. The van der Waals surface area contributed by atoms with Crippen LogP contribution in [0.3, 0.4) is 0 Å². The molecule has 5 aliphatic rings. The molecule has 21 heteroatoms. The summed E-state index contributed by atoms with van der Waals surface area (Å²) in [4.78, 5) is 161. The number of likely N-dealkylation sites (tertiary alicyclic amines) is 1. The monoisotopic (exact) mass is 1240 g/mol. The normalized spacial score (nSPS) is 29.0. The van der Waals surface area contributed by atoms with E-state index in [-0.39, 0.29) is 67.6 Å². The first kappa shape index (κ1) is 73.4. The van der Waals surface area contributed by atoms with Crippen molar-refractivity contribution >= 4 is 59.1 Å². The van der Waals surface area contributed by atoms with Gasteiger partial charge < -0.3 is 55.4 Å². The molecule has 0 radical (unpaired) electrons. The predicted octanol–water partition coefficient (Wildman–Crippen LogP) is 6.27. The zero-order valence-corrected chi connectivity index (χ0v) is 56.5. The smallest absolute Gasteiger partial charge is 0.248 e. The number of amides is 10. The standard InChI is InChI=1S/C67H116N10O11/c1-42(2)35-50-63(84)73(11)54(38-47-27-19-15-20-28-47)61(82)70-58(46(8)78)67(88)76(14)56(40-49-31-23-17-24-32-49)66(87)75(13)55(39-48-29-21-16-22-30-48)65(86)74(12)53(37-44(5)6)60(81)69-51(64(85)77-33-25-18-26-34-77)41-57(79)71(9)45(7)62(83)72(10)52(36-43(3)4)59(80)68-50/h42-56,58,78H,15-41H2,1-14H3,(H,68,80)(H,69,81)(H,70,82)/t45-,46+,50-,51-,52-,53-,54-,55-,56-,58-/m0/s1. The zero-order valence-electron chi connectivity index (χ0n) is 56.5. The quantitative estimate of drug-likeness (QED) is 0.151. The van der Waals surface area contributed by atoms with Crippen molar-refractivity contribution in [3.63, 3.8) is 0 Å². The van der Waals surface area contributed by atoms with Gasteiger partial charge in [0.25, 0.3) is 0 Å². The average Bonchev–Trinajstić information content (AvgIpc) is 2.18. The molecule has 5 fully saturated rings. The van der Waals surface area contributed by atoms with Gasteiger partial charge >= 0.3 is 0 Å². The highest BCUT2D eigenvalue weighted by atomic mass is 16.3. The van der Waals surface area contributed by atoms with E-state index in [1.807, 2.05) is 41.5 Å². The van der Waals surface area contributed by atoms with E-state index in [2.05, 4.69) is 16.0 Å². The molecule has 3 aliphatic carbocycles. The Kier molecular flexibility index (Phi) is 29.0. The van der Waals surface area contributed by atoms with Gasteiger partial charge in [-0.25, -0.2) is 0 Å². The summed E-state index contributed by atoms with van der Waals surface area (Å²) >= 11 is 0. The number of hydrogen-bond acceptors (Lipinski definition) is 11. The van der Waals surface area contributed by atoms with Crippen molar-refractivity contribution < 1.29 is 53.1 Å². The van der Waals surface area contributed by atoms with Crippen LogP contribution < -0.4 is 16.0 Å². The Balaban J connectivity index is 1.69. The van der Waals surface area contributed by atoms with Gasteiger partial charge in [0.1, 0.15) is 54.4 Å². The van der Waals surface area contributed by atoms with E-state index >= 15 is 28.8 Å². The minimum Gasteiger partial charge on any atom is -0.391 e. The summed E-state index contributed by atoms with van der Waals surface area (Å²) in [5.41, 5.74) is 0. The molecule has 0 aromatic carbocycles. The molecule has 0 spiro atoms. The molecule has 0 bridgehead atoms. The molecule has 10 atom stereocenters. The van der Waals surface area contributed by atoms with Crippen molar-refractivity contribution in [1.29, 1.82) is 0 Å². The van der Waals surface area contributed by atoms with Crippen LogP contribution in [-0.4, -0.2) is 214 Å². The first-order chi connectivity index (χ1) is 41.5. The molecule has 0 aromatic heterocycles. The highest BCUT2D eigenvalue weighted by molar-refractivity contribution is 5.99. The zero-order chi connectivity index (χ0) is 65.3. The van der Waals surface area contributed by atoms with Crippen molar-refractivity contribution in [3.05, 3.63) is 0 Å². The topological polar surface area (TPSA) is 250 Å². The maximum Gasteiger partial charge on any atom is 0.248 e. The third-order valence-corrected chi connectivity index (χ3v) is 20.1. The molecular weight excluding hydrogens is 1120 g/mol. The Morgan fingerprint density at radius 2 is 0.795 bits per heavy atom. The molecule has 10 amide bonds. The van der Waals surface area contributed by atoms with Crippen molar-refractivity contribution in [2.45, 2.75) is 276 Å². The predicted molar refractivity (Wildman–Crippen MR) is 339 cm³/mol. The number of rotatable bonds is 14. The second-order valence-corrected chi connectivity index (χ2v) is 28.6. The maximum absolute atomic E-state index is 15.7. The van der Waals surface area contributed by atoms with Gasteiger partial charge in [0.2, 0.25) is 59.1 Å². The van der Waals surface area contributed by atoms with Gasteiger partial charge in [0.15, 0.2) is 0 Å². The van der Waals surface area contributed by atoms with E-state index < -0.39 is 126 Å². The lowest BCUT2D eigenvalue weighted by Crippen LogP contribution is -2.63. The molecule has 4 N–H and O–H groups in total. The number of carbonyl (C=O) groups excluding carboxylic acids is 10. The van der Waals surface area contributed by atoms with Crippen LogP contribution in [0.1, 0.15) is 216 Å². The van der Waals surface area contributed by atoms with Crippen molar-refractivity contribution in [1.82, 2.24) is 50.2 Å². The Morgan fingerprint density at radius 3 is 1.23 bits per heavy atom. The fraction of sp³-hybridized carbons (Fsp3) is 0.851. The SMILES string of the molecule is CC(C)C[C@@H]1NC(=O)[C@H](CC(C)C)N(C)C(=O)[C@H](C)N(C)C(=O)C[C@@H](C(=O)N2CCCCC2)NC(=O)[C@H](CC(C)C)N(C)C(=O)[C@H](CC2CCCCC2)N(C)C(=O)[C@H](CC2CCCCC2)N(C)C(=O)[C@H]([C@@H](C)O)NC(=O)[C@H](CC2CCCCC2)N(C)C1=O. The number of likely N-dealkylation sites (N-methyl/N-ethyl adjacent to an activating group) is 6. The van der Waals surface area contributed by atoms with Gasteiger partial charge in [-0.1, -0.05) is 138 Å². The van der Waals surface area contributed by atoms with Crippen LogP contribution in [0.4, 0.5) is 0 Å². The second-order valence-electron chi connectivity index (χ2n) is 28.6. The van der Waals surface area contributed by atoms with E-state index in [1.165, 1.54) is 71.4 Å². The molecule has 21 nitrogen and oxygen atoms in total. The van der Waals surface area contributed by atoms with Gasteiger partial charge in [-0.15, -0.1) is 0 Å². The number of hydrogen-bond donors (Lipinski definition) is 4. The maximum atomic E-state index is 15.7. The molecule has 3 saturated carbocycles. The molecule has 500 valence electrons. The molecule has 2 aliphatic heterocycles. The van der Waals surface area contributed by atoms with Gasteiger partial charge in [-0.3, -0.25) is 47.9 Å². The van der Waals surface area contributed by atoms with Gasteiger partial charge in [-0.2, -0.15) is 0 Å². The minimum absolute atomic E-state index is 0.0461. The summed E-state index contributed by atoms with van der Waals surface area (Å²) in [5, 5.41) is 20.4. The fourth-order valence-electron chi connectivity index (χ4n) is 14.4. The van der Waals surface area contributed by atoms with Gasteiger partial charge in [0, 0.05) is 55.4 Å². The Hall–Kier alpha value is -5.34. The van der Waals surface area contributed by atoms with E-state index in [9.17, 15) is 24.3 Å². The van der Waals surface area contributed by atoms with E-state index in [0.29, 0.717) is 19.5 Å². The Labute approximate surface area is 527 Å². The largest absolute Gasteiger partial charge is 0.391 e. The molecular formula is C67H116N10O11. The van der Waals surface area contributed by atoms with Crippen LogP contribution in [0.15, 0.2) is 0 Å². The van der Waals surface area contributed by atoms with Crippen LogP contribution in [0.5, 0.6) is 0 Å². The number of aliphatic hydroxyl groups excluding tert-OH is 1. The van der Waals surface area contributed by atoms with Gasteiger partial charge in [0.05, 0.1) is 12.5 Å². The lowest BCUT2D eigenvalue weighted by atomic mass is 9.83. The molecule has 0 aromatic rings. The highest BCUT2D eigenvalue weighted by Gasteiger charge is 2.45. The third kappa shape index (κ3) is 20.3. The van der Waals surface area contributed by atoms with E-state index in [1.54, 1.807) is 19.0 Å². The average molecular weight is 1240 g/mol. The summed E-state index contributed by atoms with van der Waals surface area (Å²) in [6.45, 7) is 15.2. The van der Waals surface area contributed by atoms with E-state index in [4.69, 9.17) is 0 Å². The highest BCUT2D eigenvalue weighted by Crippen LogP contribution is 2.34. The molecule has 2 saturated heterocycles. The lowest BCUT2D eigenvalue weighted by Gasteiger charge is -2.41. The second kappa shape index (κ2) is 34.7. The molecule has 0 unspecified atom stereocenters. The van der Waals surface area contributed by atoms with Gasteiger partial charge in [-0.05, 0) is 107 Å². The molecule has 88 heavy (non-hydrogen) atoms. The van der Waals surface area contributed by atoms with Crippen molar-refractivity contribution in [3.8, 4) is 0 Å². The minimum atomic E-state index is -1.56. The summed E-state index contributed by atoms with van der Waals surface area (Å²) in [7, 11) is 9.08. The van der Waals surface area contributed by atoms with Crippen LogP contribution in [-0.2, 0) is 47.9 Å². The van der Waals surface area contributed by atoms with Crippen LogP contribution >= 0.6 is 0 Å².